The summed E-state index contributed by atoms with van der Waals surface area (Å²) in [6.07, 6.45) is 7.13. The van der Waals surface area contributed by atoms with Crippen LogP contribution in [0.4, 0.5) is 0 Å². The molecule has 1 N–H and O–H groups in total. The van der Waals surface area contributed by atoms with Gasteiger partial charge in [-0.05, 0) is 55.3 Å². The van der Waals surface area contributed by atoms with Crippen LogP contribution in [0.15, 0.2) is 0 Å². The third kappa shape index (κ3) is 2.95. The molecular formula is C18H38O2. The summed E-state index contributed by atoms with van der Waals surface area (Å²) < 4.78 is 0. The number of carbonyl (C=O) groups is 1. The van der Waals surface area contributed by atoms with Crippen LogP contribution in [0.3, 0.4) is 0 Å². The summed E-state index contributed by atoms with van der Waals surface area (Å²) in [7, 11) is 0. The van der Waals surface area contributed by atoms with E-state index >= 15 is 0 Å². The molecule has 2 unspecified atom stereocenters. The van der Waals surface area contributed by atoms with Gasteiger partial charge >= 0.3 is 0 Å². The summed E-state index contributed by atoms with van der Waals surface area (Å²) in [5, 5.41) is 10.7. The second-order valence-electron chi connectivity index (χ2n) is 7.75. The smallest absolute Gasteiger partial charge is 0.120 e. The van der Waals surface area contributed by atoms with E-state index in [1.807, 2.05) is 20.8 Å². The van der Waals surface area contributed by atoms with Crippen LogP contribution < -0.4 is 0 Å². The first-order valence-corrected chi connectivity index (χ1v) is 8.40. The van der Waals surface area contributed by atoms with E-state index in [1.165, 1.54) is 12.8 Å². The Morgan fingerprint density at radius 1 is 1.15 bits per heavy atom. The van der Waals surface area contributed by atoms with Gasteiger partial charge in [0.25, 0.3) is 0 Å². The molecule has 0 spiro atoms. The summed E-state index contributed by atoms with van der Waals surface area (Å²) >= 11 is 0. The Hall–Kier alpha value is -0.370. The van der Waals surface area contributed by atoms with Gasteiger partial charge in [0.05, 0.1) is 5.60 Å². The van der Waals surface area contributed by atoms with Crippen molar-refractivity contribution in [2.24, 2.45) is 22.7 Å². The molecule has 0 radical (unpaired) electrons. The van der Waals surface area contributed by atoms with Gasteiger partial charge in [0.1, 0.15) is 6.29 Å². The average molecular weight is 286 g/mol. The molecule has 0 aromatic heterocycles. The fraction of sp³-hybridized carbons (Fsp3) is 0.944. The maximum Gasteiger partial charge on any atom is 0.120 e. The topological polar surface area (TPSA) is 37.3 Å². The first kappa shape index (κ1) is 17.7. The van der Waals surface area contributed by atoms with E-state index in [0.717, 1.165) is 25.5 Å². The molecule has 2 fully saturated rings. The van der Waals surface area contributed by atoms with E-state index < -0.39 is 5.60 Å². The lowest BCUT2D eigenvalue weighted by Gasteiger charge is -2.61. The van der Waals surface area contributed by atoms with Gasteiger partial charge in [-0.3, -0.25) is 0 Å². The molecule has 2 aliphatic rings. The van der Waals surface area contributed by atoms with E-state index in [-0.39, 0.29) is 14.2 Å². The average Bonchev–Trinajstić information content (AvgIpc) is 2.35. The van der Waals surface area contributed by atoms with Crippen molar-refractivity contribution in [2.45, 2.75) is 85.7 Å². The first-order chi connectivity index (χ1) is 9.24. The Morgan fingerprint density at radius 3 is 2.30 bits per heavy atom. The Labute approximate surface area is 128 Å². The Balaban J connectivity index is 0. The largest absolute Gasteiger partial charge is 0.390 e. The summed E-state index contributed by atoms with van der Waals surface area (Å²) in [5.41, 5.74) is -0.186. The lowest BCUT2D eigenvalue weighted by atomic mass is 9.45. The van der Waals surface area contributed by atoms with E-state index in [1.54, 1.807) is 0 Å². The number of rotatable bonds is 2. The van der Waals surface area contributed by atoms with Gasteiger partial charge in [0, 0.05) is 9.27 Å². The first-order valence-electron chi connectivity index (χ1n) is 8.40. The molecule has 0 amide bonds. The number of hydrogen-bond acceptors (Lipinski definition) is 2. The lowest BCUT2D eigenvalue weighted by molar-refractivity contribution is -0.169. The van der Waals surface area contributed by atoms with Crippen LogP contribution >= 0.6 is 0 Å². The van der Waals surface area contributed by atoms with E-state index in [2.05, 4.69) is 20.8 Å². The van der Waals surface area contributed by atoms with Gasteiger partial charge in [-0.15, -0.1) is 0 Å². The molecule has 2 aliphatic carbocycles. The van der Waals surface area contributed by atoms with Crippen molar-refractivity contribution in [3.63, 3.8) is 0 Å². The maximum atomic E-state index is 11.0. The van der Waals surface area contributed by atoms with E-state index in [0.29, 0.717) is 17.8 Å². The fourth-order valence-electron chi connectivity index (χ4n) is 5.24. The van der Waals surface area contributed by atoms with Crippen LogP contribution in [0.1, 0.15) is 82.9 Å². The third-order valence-corrected chi connectivity index (χ3v) is 6.09. The highest BCUT2D eigenvalue weighted by Crippen LogP contribution is 2.62. The predicted octanol–water partition coefficient (Wildman–Crippen LogP) is 5.09. The molecule has 0 aromatic carbocycles. The molecule has 0 aromatic rings. The second kappa shape index (κ2) is 6.17. The van der Waals surface area contributed by atoms with Crippen LogP contribution in [0.2, 0.25) is 0 Å². The quantitative estimate of drug-likeness (QED) is 0.718. The minimum atomic E-state index is -0.667. The molecule has 122 valence electrons. The highest BCUT2D eigenvalue weighted by molar-refractivity contribution is 5.50. The van der Waals surface area contributed by atoms with Crippen molar-refractivity contribution in [3.05, 3.63) is 0 Å². The molecule has 2 rings (SSSR count). The van der Waals surface area contributed by atoms with Crippen molar-refractivity contribution in [2.75, 3.05) is 0 Å². The number of hydrogen-bond donors (Lipinski definition) is 1. The summed E-state index contributed by atoms with van der Waals surface area (Å²) in [5.74, 6) is 0.768. The zero-order valence-electron chi connectivity index (χ0n) is 14.3. The van der Waals surface area contributed by atoms with Gasteiger partial charge < -0.3 is 9.90 Å². The van der Waals surface area contributed by atoms with E-state index in [9.17, 15) is 9.90 Å². The Bertz CT molecular complexity index is 342. The van der Waals surface area contributed by atoms with Gasteiger partial charge in [0.15, 0.2) is 0 Å². The van der Waals surface area contributed by atoms with Crippen molar-refractivity contribution >= 4 is 6.29 Å². The maximum absolute atomic E-state index is 11.0. The molecule has 0 heterocycles. The van der Waals surface area contributed by atoms with Crippen LogP contribution in [-0.2, 0) is 4.79 Å². The third-order valence-electron chi connectivity index (χ3n) is 6.09. The Kier molecular flexibility index (Phi) is 5.46. The molecular weight excluding hydrogens is 248 g/mol. The monoisotopic (exact) mass is 286 g/mol. The van der Waals surface area contributed by atoms with Gasteiger partial charge in [-0.25, -0.2) is 0 Å². The second-order valence-corrected chi connectivity index (χ2v) is 7.75. The summed E-state index contributed by atoms with van der Waals surface area (Å²) in [6, 6.07) is 0. The molecule has 2 saturated carbocycles. The molecule has 20 heavy (non-hydrogen) atoms. The lowest BCUT2D eigenvalue weighted by Crippen LogP contribution is -2.57. The molecule has 0 saturated heterocycles. The molecule has 2 nitrogen and oxygen atoms in total. The van der Waals surface area contributed by atoms with Gasteiger partial charge in [-0.2, -0.15) is 0 Å². The zero-order chi connectivity index (χ0) is 15.6. The van der Waals surface area contributed by atoms with Crippen LogP contribution in [-0.4, -0.2) is 17.0 Å². The highest BCUT2D eigenvalue weighted by atomic mass is 16.3. The summed E-state index contributed by atoms with van der Waals surface area (Å²) in [4.78, 5) is 11.0. The van der Waals surface area contributed by atoms with Crippen molar-refractivity contribution in [3.8, 4) is 0 Å². The number of aliphatic hydroxyl groups is 1. The molecule has 2 heteroatoms. The van der Waals surface area contributed by atoms with Crippen LogP contribution in [0.25, 0.3) is 0 Å². The Morgan fingerprint density at radius 2 is 1.75 bits per heavy atom. The van der Waals surface area contributed by atoms with Gasteiger partial charge in [0.2, 0.25) is 0 Å². The minimum absolute atomic E-state index is 0. The van der Waals surface area contributed by atoms with Crippen molar-refractivity contribution < 1.29 is 12.8 Å². The van der Waals surface area contributed by atoms with Crippen LogP contribution in [0.5, 0.6) is 0 Å². The highest BCUT2D eigenvalue weighted by Gasteiger charge is 2.57. The number of aldehydes is 1. The van der Waals surface area contributed by atoms with Gasteiger partial charge in [-0.1, -0.05) is 41.0 Å². The van der Waals surface area contributed by atoms with Crippen LogP contribution in [0, 0.1) is 22.7 Å². The zero-order valence-corrected chi connectivity index (χ0v) is 14.3. The summed E-state index contributed by atoms with van der Waals surface area (Å²) in [6.45, 7) is 13.0. The van der Waals surface area contributed by atoms with E-state index in [4.69, 9.17) is 0 Å². The number of fused-ring (bicyclic) bond motifs is 1. The fourth-order valence-corrected chi connectivity index (χ4v) is 5.24. The predicted molar refractivity (Wildman–Crippen MR) is 88.8 cm³/mol. The van der Waals surface area contributed by atoms with Crippen molar-refractivity contribution in [1.82, 2.24) is 0 Å². The normalized spacial score (nSPS) is 43.0. The number of carbonyl (C=O) groups excluding carboxylic acids is 1. The molecule has 4 atom stereocenters. The molecule has 0 bridgehead atoms. The standard InChI is InChI=1S/C16H28O2.C2H6.2H2/c1-14(2)8-5-9-15(3)12(14)6-10-16(4,18)13(15)7-11-17;1-2;;/h11-13,18H,5-10H2,1-4H3;1-2H3;2*1H/t12?,13?,15-,16+;;;/m0.../s1. The minimum Gasteiger partial charge on any atom is -0.390 e. The van der Waals surface area contributed by atoms with Crippen molar-refractivity contribution in [1.29, 1.82) is 0 Å². The SMILES string of the molecule is CC.CC1(C)CCC[C@@]2(C)C1CC[C@@](C)(O)C2CC=O.[HH].[HH]. The molecule has 0 aliphatic heterocycles.